The third kappa shape index (κ3) is 4.09. The monoisotopic (exact) mass is 433 g/mol. The van der Waals surface area contributed by atoms with Crippen LogP contribution in [0.1, 0.15) is 26.9 Å². The van der Waals surface area contributed by atoms with Crippen LogP contribution in [-0.4, -0.2) is 11.7 Å². The first-order chi connectivity index (χ1) is 14.5. The summed E-state index contributed by atoms with van der Waals surface area (Å²) in [6.07, 6.45) is 0. The van der Waals surface area contributed by atoms with Gasteiger partial charge in [0, 0.05) is 16.1 Å². The van der Waals surface area contributed by atoms with E-state index in [1.54, 1.807) is 42.5 Å². The number of fused-ring (bicyclic) bond motifs is 1. The SMILES string of the molecule is O=C(c1ccccc1)c1cc(Cl)ccc1NC(=O)C(Cl)c1cccc2ccccc12. The van der Waals surface area contributed by atoms with Gasteiger partial charge in [-0.1, -0.05) is 84.4 Å². The van der Waals surface area contributed by atoms with Gasteiger partial charge < -0.3 is 5.32 Å². The van der Waals surface area contributed by atoms with E-state index in [0.717, 1.165) is 10.8 Å². The Balaban J connectivity index is 1.66. The van der Waals surface area contributed by atoms with Gasteiger partial charge in [-0.2, -0.15) is 0 Å². The Morgan fingerprint density at radius 2 is 1.50 bits per heavy atom. The van der Waals surface area contributed by atoms with Crippen molar-refractivity contribution in [1.82, 2.24) is 0 Å². The number of anilines is 1. The van der Waals surface area contributed by atoms with E-state index in [0.29, 0.717) is 27.4 Å². The van der Waals surface area contributed by atoms with Crippen LogP contribution in [0.5, 0.6) is 0 Å². The second kappa shape index (κ2) is 8.70. The molecule has 0 radical (unpaired) electrons. The van der Waals surface area contributed by atoms with Gasteiger partial charge in [-0.05, 0) is 34.5 Å². The van der Waals surface area contributed by atoms with Crippen molar-refractivity contribution in [3.63, 3.8) is 0 Å². The van der Waals surface area contributed by atoms with E-state index in [9.17, 15) is 9.59 Å². The number of carbonyl (C=O) groups is 2. The minimum Gasteiger partial charge on any atom is -0.324 e. The molecule has 4 aromatic rings. The molecule has 0 fully saturated rings. The van der Waals surface area contributed by atoms with E-state index in [1.807, 2.05) is 48.5 Å². The number of hydrogen-bond acceptors (Lipinski definition) is 2. The molecule has 4 aromatic carbocycles. The van der Waals surface area contributed by atoms with Crippen LogP contribution < -0.4 is 5.32 Å². The minimum absolute atomic E-state index is 0.232. The maximum Gasteiger partial charge on any atom is 0.247 e. The first kappa shape index (κ1) is 20.1. The van der Waals surface area contributed by atoms with Crippen molar-refractivity contribution in [2.45, 2.75) is 5.38 Å². The lowest BCUT2D eigenvalue weighted by atomic mass is 10.00. The second-order valence-corrected chi connectivity index (χ2v) is 7.68. The molecule has 0 bridgehead atoms. The highest BCUT2D eigenvalue weighted by atomic mass is 35.5. The van der Waals surface area contributed by atoms with Gasteiger partial charge in [0.05, 0.1) is 5.69 Å². The van der Waals surface area contributed by atoms with Crippen molar-refractivity contribution in [2.24, 2.45) is 0 Å². The molecular formula is C25H17Cl2NO2. The number of carbonyl (C=O) groups excluding carboxylic acids is 2. The summed E-state index contributed by atoms with van der Waals surface area (Å²) in [7, 11) is 0. The standard InChI is InChI=1S/C25H17Cl2NO2/c26-18-13-14-22(21(15-18)24(29)17-8-2-1-3-9-17)28-25(30)23(27)20-12-6-10-16-7-4-5-11-19(16)20/h1-15,23H,(H,28,30). The Morgan fingerprint density at radius 1 is 0.800 bits per heavy atom. The van der Waals surface area contributed by atoms with Crippen molar-refractivity contribution in [3.8, 4) is 0 Å². The average Bonchev–Trinajstić information content (AvgIpc) is 2.79. The fourth-order valence-corrected chi connectivity index (χ4v) is 3.78. The van der Waals surface area contributed by atoms with E-state index >= 15 is 0 Å². The summed E-state index contributed by atoms with van der Waals surface area (Å²) >= 11 is 12.7. The molecule has 1 unspecified atom stereocenters. The van der Waals surface area contributed by atoms with E-state index in [4.69, 9.17) is 23.2 Å². The average molecular weight is 434 g/mol. The van der Waals surface area contributed by atoms with Crippen LogP contribution in [0.2, 0.25) is 5.02 Å². The first-order valence-electron chi connectivity index (χ1n) is 9.36. The number of alkyl halides is 1. The lowest BCUT2D eigenvalue weighted by Crippen LogP contribution is -2.19. The highest BCUT2D eigenvalue weighted by molar-refractivity contribution is 6.34. The van der Waals surface area contributed by atoms with Gasteiger partial charge in [0.25, 0.3) is 0 Å². The quantitative estimate of drug-likeness (QED) is 0.283. The van der Waals surface area contributed by atoms with Crippen LogP contribution in [0.25, 0.3) is 10.8 Å². The van der Waals surface area contributed by atoms with Crippen molar-refractivity contribution in [3.05, 3.63) is 113 Å². The number of benzene rings is 4. The molecule has 1 atom stereocenters. The zero-order chi connectivity index (χ0) is 21.1. The van der Waals surface area contributed by atoms with E-state index < -0.39 is 11.3 Å². The molecule has 4 rings (SSSR count). The smallest absolute Gasteiger partial charge is 0.247 e. The maximum absolute atomic E-state index is 13.0. The summed E-state index contributed by atoms with van der Waals surface area (Å²) in [6, 6.07) is 27.0. The van der Waals surface area contributed by atoms with Gasteiger partial charge in [0.1, 0.15) is 5.38 Å². The van der Waals surface area contributed by atoms with Crippen LogP contribution in [0.3, 0.4) is 0 Å². The molecule has 0 aliphatic carbocycles. The van der Waals surface area contributed by atoms with E-state index in [1.165, 1.54) is 0 Å². The molecule has 0 saturated carbocycles. The van der Waals surface area contributed by atoms with Crippen molar-refractivity contribution >= 4 is 51.4 Å². The van der Waals surface area contributed by atoms with Gasteiger partial charge in [-0.3, -0.25) is 9.59 Å². The summed E-state index contributed by atoms with van der Waals surface area (Å²) in [5.74, 6) is -0.651. The lowest BCUT2D eigenvalue weighted by Gasteiger charge is -2.15. The number of halogens is 2. The van der Waals surface area contributed by atoms with Crippen molar-refractivity contribution in [2.75, 3.05) is 5.32 Å². The minimum atomic E-state index is -0.925. The number of amides is 1. The zero-order valence-corrected chi connectivity index (χ0v) is 17.3. The van der Waals surface area contributed by atoms with Gasteiger partial charge in [0.2, 0.25) is 5.91 Å². The molecule has 0 heterocycles. The Kier molecular flexibility index (Phi) is 5.84. The lowest BCUT2D eigenvalue weighted by molar-refractivity contribution is -0.115. The number of nitrogens with one attached hydrogen (secondary N) is 1. The number of hydrogen-bond donors (Lipinski definition) is 1. The summed E-state index contributed by atoms with van der Waals surface area (Å²) in [5, 5.41) is 4.19. The molecule has 1 amide bonds. The molecule has 148 valence electrons. The molecule has 1 N–H and O–H groups in total. The van der Waals surface area contributed by atoms with Crippen molar-refractivity contribution in [1.29, 1.82) is 0 Å². The Labute approximate surface area is 184 Å². The molecule has 5 heteroatoms. The third-order valence-corrected chi connectivity index (χ3v) is 5.52. The molecular weight excluding hydrogens is 417 g/mol. The van der Waals surface area contributed by atoms with E-state index in [-0.39, 0.29) is 5.78 Å². The van der Waals surface area contributed by atoms with Crippen LogP contribution in [-0.2, 0) is 4.79 Å². The third-order valence-electron chi connectivity index (χ3n) is 4.85. The molecule has 0 aliphatic rings. The molecule has 0 saturated heterocycles. The first-order valence-corrected chi connectivity index (χ1v) is 10.2. The topological polar surface area (TPSA) is 46.2 Å². The van der Waals surface area contributed by atoms with Crippen molar-refractivity contribution < 1.29 is 9.59 Å². The molecule has 0 aromatic heterocycles. The van der Waals surface area contributed by atoms with Crippen LogP contribution in [0, 0.1) is 0 Å². The molecule has 0 aliphatic heterocycles. The predicted molar refractivity (Wildman–Crippen MR) is 122 cm³/mol. The van der Waals surface area contributed by atoms with E-state index in [2.05, 4.69) is 5.32 Å². The molecule has 30 heavy (non-hydrogen) atoms. The second-order valence-electron chi connectivity index (χ2n) is 6.81. The Hall–Kier alpha value is -3.14. The number of rotatable bonds is 5. The summed E-state index contributed by atoms with van der Waals surface area (Å²) < 4.78 is 0. The Morgan fingerprint density at radius 3 is 2.30 bits per heavy atom. The maximum atomic E-state index is 13.0. The zero-order valence-electron chi connectivity index (χ0n) is 15.8. The van der Waals surface area contributed by atoms with Crippen LogP contribution >= 0.6 is 23.2 Å². The van der Waals surface area contributed by atoms with Crippen LogP contribution in [0.4, 0.5) is 5.69 Å². The predicted octanol–water partition coefficient (Wildman–Crippen LogP) is 6.64. The van der Waals surface area contributed by atoms with Gasteiger partial charge in [-0.15, -0.1) is 11.6 Å². The largest absolute Gasteiger partial charge is 0.324 e. The summed E-state index contributed by atoms with van der Waals surface area (Å²) in [5.41, 5.74) is 1.89. The number of ketones is 1. The van der Waals surface area contributed by atoms with Gasteiger partial charge >= 0.3 is 0 Å². The fourth-order valence-electron chi connectivity index (χ4n) is 3.37. The molecule has 3 nitrogen and oxygen atoms in total. The van der Waals surface area contributed by atoms with Gasteiger partial charge in [0.15, 0.2) is 5.78 Å². The van der Waals surface area contributed by atoms with Gasteiger partial charge in [-0.25, -0.2) is 0 Å². The molecule has 0 spiro atoms. The summed E-state index contributed by atoms with van der Waals surface area (Å²) in [6.45, 7) is 0. The fraction of sp³-hybridized carbons (Fsp3) is 0.0400. The normalized spacial score (nSPS) is 11.8. The van der Waals surface area contributed by atoms with Crippen LogP contribution in [0.15, 0.2) is 91.0 Å². The highest BCUT2D eigenvalue weighted by Gasteiger charge is 2.22. The Bertz CT molecular complexity index is 1230. The highest BCUT2D eigenvalue weighted by Crippen LogP contribution is 2.31. The summed E-state index contributed by atoms with van der Waals surface area (Å²) in [4.78, 5) is 25.9.